The van der Waals surface area contributed by atoms with Gasteiger partial charge >= 0.3 is 0 Å². The van der Waals surface area contributed by atoms with Crippen LogP contribution >= 0.6 is 27.5 Å². The maximum atomic E-state index is 9.74. The lowest BCUT2D eigenvalue weighted by molar-refractivity contribution is 0.0977. The Bertz CT molecular complexity index is 342. The van der Waals surface area contributed by atoms with Crippen molar-refractivity contribution in [3.63, 3.8) is 0 Å². The van der Waals surface area contributed by atoms with Crippen molar-refractivity contribution in [2.24, 2.45) is 11.8 Å². The fourth-order valence-electron chi connectivity index (χ4n) is 1.90. The molecule has 0 saturated heterocycles. The maximum Gasteiger partial charge on any atom is 0.0545 e. The zero-order valence-electron chi connectivity index (χ0n) is 9.87. The minimum atomic E-state index is -0.306. The van der Waals surface area contributed by atoms with E-state index in [0.717, 1.165) is 21.5 Å². The summed E-state index contributed by atoms with van der Waals surface area (Å²) in [6.45, 7) is 6.10. The summed E-state index contributed by atoms with van der Waals surface area (Å²) in [5, 5.41) is 10.5. The Kier molecular flexibility index (Phi) is 5.29. The smallest absolute Gasteiger partial charge is 0.0545 e. The molecule has 0 aliphatic carbocycles. The third kappa shape index (κ3) is 3.76. The van der Waals surface area contributed by atoms with Crippen LogP contribution in [0.5, 0.6) is 0 Å². The van der Waals surface area contributed by atoms with Crippen LogP contribution in [-0.4, -0.2) is 11.2 Å². The molecule has 90 valence electrons. The molecule has 0 saturated carbocycles. The molecule has 0 heterocycles. The molecule has 0 aliphatic heterocycles. The topological polar surface area (TPSA) is 20.2 Å². The minimum absolute atomic E-state index is 0.249. The molecule has 0 amide bonds. The highest BCUT2D eigenvalue weighted by molar-refractivity contribution is 9.10. The van der Waals surface area contributed by atoms with Gasteiger partial charge in [0.2, 0.25) is 0 Å². The van der Waals surface area contributed by atoms with Gasteiger partial charge in [-0.05, 0) is 42.9 Å². The number of rotatable bonds is 4. The number of aliphatic hydroxyl groups is 1. The molecule has 0 aliphatic rings. The molecule has 0 fully saturated rings. The van der Waals surface area contributed by atoms with Crippen LogP contribution in [0.2, 0.25) is 5.02 Å². The average Bonchev–Trinajstić information content (AvgIpc) is 2.15. The molecule has 0 radical (unpaired) electrons. The molecule has 0 bridgehead atoms. The van der Waals surface area contributed by atoms with Crippen molar-refractivity contribution in [3.05, 3.63) is 33.3 Å². The fraction of sp³-hybridized carbons (Fsp3) is 0.538. The second kappa shape index (κ2) is 6.04. The highest BCUT2D eigenvalue weighted by Crippen LogP contribution is 2.27. The summed E-state index contributed by atoms with van der Waals surface area (Å²) in [5.41, 5.74) is 1.10. The number of benzene rings is 1. The van der Waals surface area contributed by atoms with Gasteiger partial charge in [-0.15, -0.1) is 0 Å². The Balaban J connectivity index is 2.85. The Hall–Kier alpha value is -0.0500. The average molecular weight is 306 g/mol. The largest absolute Gasteiger partial charge is 0.393 e. The van der Waals surface area contributed by atoms with E-state index in [0.29, 0.717) is 5.92 Å². The van der Waals surface area contributed by atoms with Crippen LogP contribution in [0.25, 0.3) is 0 Å². The van der Waals surface area contributed by atoms with Crippen molar-refractivity contribution in [2.75, 3.05) is 0 Å². The monoisotopic (exact) mass is 304 g/mol. The predicted molar refractivity (Wildman–Crippen MR) is 72.9 cm³/mol. The number of aliphatic hydroxyl groups excluding tert-OH is 1. The second-order valence-electron chi connectivity index (χ2n) is 4.59. The van der Waals surface area contributed by atoms with E-state index in [9.17, 15) is 5.11 Å². The van der Waals surface area contributed by atoms with Gasteiger partial charge in [0.25, 0.3) is 0 Å². The van der Waals surface area contributed by atoms with Gasteiger partial charge in [0.1, 0.15) is 0 Å². The summed E-state index contributed by atoms with van der Waals surface area (Å²) in [7, 11) is 0. The lowest BCUT2D eigenvalue weighted by Crippen LogP contribution is -2.24. The summed E-state index contributed by atoms with van der Waals surface area (Å²) < 4.78 is 0.986. The van der Waals surface area contributed by atoms with Gasteiger partial charge < -0.3 is 5.11 Å². The molecular formula is C13H18BrClO. The van der Waals surface area contributed by atoms with Gasteiger partial charge in [0.15, 0.2) is 0 Å². The van der Waals surface area contributed by atoms with E-state index in [1.54, 1.807) is 0 Å². The molecule has 1 rings (SSSR count). The molecule has 1 nitrogen and oxygen atoms in total. The zero-order chi connectivity index (χ0) is 12.3. The molecule has 1 aromatic rings. The minimum Gasteiger partial charge on any atom is -0.393 e. The Morgan fingerprint density at radius 2 is 1.94 bits per heavy atom. The maximum absolute atomic E-state index is 9.74. The van der Waals surface area contributed by atoms with Crippen LogP contribution in [0.3, 0.4) is 0 Å². The second-order valence-corrected chi connectivity index (χ2v) is 5.91. The van der Waals surface area contributed by atoms with Crippen molar-refractivity contribution in [3.8, 4) is 0 Å². The first kappa shape index (κ1) is 14.0. The number of hydrogen-bond acceptors (Lipinski definition) is 1. The molecule has 3 heteroatoms. The molecule has 0 aromatic heterocycles. The van der Waals surface area contributed by atoms with Crippen LogP contribution in [-0.2, 0) is 6.42 Å². The van der Waals surface area contributed by atoms with Crippen LogP contribution in [0.1, 0.15) is 26.3 Å². The third-order valence-corrected chi connectivity index (χ3v) is 3.79. The molecule has 2 atom stereocenters. The van der Waals surface area contributed by atoms with Crippen molar-refractivity contribution in [1.29, 1.82) is 0 Å². The van der Waals surface area contributed by atoms with Gasteiger partial charge in [0.05, 0.1) is 6.10 Å². The lowest BCUT2D eigenvalue weighted by atomic mass is 9.85. The molecule has 1 N–H and O–H groups in total. The Morgan fingerprint density at radius 1 is 1.31 bits per heavy atom. The first-order valence-corrected chi connectivity index (χ1v) is 6.71. The Morgan fingerprint density at radius 3 is 2.38 bits per heavy atom. The predicted octanol–water partition coefficient (Wildman–Crippen LogP) is 4.30. The van der Waals surface area contributed by atoms with Crippen molar-refractivity contribution in [1.82, 2.24) is 0 Å². The number of halogens is 2. The van der Waals surface area contributed by atoms with E-state index >= 15 is 0 Å². The molecule has 2 unspecified atom stereocenters. The molecular weight excluding hydrogens is 287 g/mol. The van der Waals surface area contributed by atoms with Gasteiger partial charge in [0, 0.05) is 9.50 Å². The molecule has 16 heavy (non-hydrogen) atoms. The SMILES string of the molecule is CC(C)C(Cc1ccc(Br)cc1Cl)C(C)O. The van der Waals surface area contributed by atoms with Crippen LogP contribution in [0.4, 0.5) is 0 Å². The van der Waals surface area contributed by atoms with Gasteiger partial charge in [-0.2, -0.15) is 0 Å². The first-order valence-electron chi connectivity index (χ1n) is 5.53. The summed E-state index contributed by atoms with van der Waals surface area (Å²) in [6.07, 6.45) is 0.515. The standard InChI is InChI=1S/C13H18BrClO/c1-8(2)12(9(3)16)6-10-4-5-11(14)7-13(10)15/h4-5,7-9,12,16H,6H2,1-3H3. The number of hydrogen-bond donors (Lipinski definition) is 1. The molecule has 0 spiro atoms. The van der Waals surface area contributed by atoms with Crippen LogP contribution < -0.4 is 0 Å². The quantitative estimate of drug-likeness (QED) is 0.879. The normalized spacial score (nSPS) is 15.2. The van der Waals surface area contributed by atoms with Gasteiger partial charge in [-0.25, -0.2) is 0 Å². The van der Waals surface area contributed by atoms with E-state index in [-0.39, 0.29) is 12.0 Å². The summed E-state index contributed by atoms with van der Waals surface area (Å²) in [6, 6.07) is 5.90. The van der Waals surface area contributed by atoms with Crippen molar-refractivity contribution < 1.29 is 5.11 Å². The van der Waals surface area contributed by atoms with E-state index in [1.807, 2.05) is 25.1 Å². The molecule has 1 aromatic carbocycles. The fourth-order valence-corrected chi connectivity index (χ4v) is 2.66. The summed E-state index contributed by atoms with van der Waals surface area (Å²) in [4.78, 5) is 0. The van der Waals surface area contributed by atoms with Crippen LogP contribution in [0.15, 0.2) is 22.7 Å². The highest BCUT2D eigenvalue weighted by atomic mass is 79.9. The first-order chi connectivity index (χ1) is 7.41. The van der Waals surface area contributed by atoms with Crippen molar-refractivity contribution >= 4 is 27.5 Å². The summed E-state index contributed by atoms with van der Waals surface area (Å²) >= 11 is 9.56. The highest BCUT2D eigenvalue weighted by Gasteiger charge is 2.20. The Labute approximate surface area is 111 Å². The third-order valence-electron chi connectivity index (χ3n) is 2.95. The van der Waals surface area contributed by atoms with E-state index in [2.05, 4.69) is 29.8 Å². The van der Waals surface area contributed by atoms with E-state index in [4.69, 9.17) is 11.6 Å². The van der Waals surface area contributed by atoms with E-state index < -0.39 is 0 Å². The van der Waals surface area contributed by atoms with E-state index in [1.165, 1.54) is 0 Å². The van der Waals surface area contributed by atoms with Gasteiger partial charge in [-0.1, -0.05) is 47.4 Å². The van der Waals surface area contributed by atoms with Crippen LogP contribution in [0, 0.1) is 11.8 Å². The lowest BCUT2D eigenvalue weighted by Gasteiger charge is -2.24. The van der Waals surface area contributed by atoms with Gasteiger partial charge in [-0.3, -0.25) is 0 Å². The van der Waals surface area contributed by atoms with Crippen molar-refractivity contribution in [2.45, 2.75) is 33.3 Å². The zero-order valence-corrected chi connectivity index (χ0v) is 12.2. The summed E-state index contributed by atoms with van der Waals surface area (Å²) in [5.74, 6) is 0.693.